The molecule has 0 spiro atoms. The Morgan fingerprint density at radius 3 is 1.13 bits per heavy atom. The summed E-state index contributed by atoms with van der Waals surface area (Å²) in [6.07, 6.45) is 11.6. The van der Waals surface area contributed by atoms with Crippen molar-refractivity contribution in [2.24, 2.45) is 32.5 Å². The lowest BCUT2D eigenvalue weighted by molar-refractivity contribution is -0.120. The summed E-state index contributed by atoms with van der Waals surface area (Å²) in [5, 5.41) is 56.6. The molecule has 23 rings (SSSR count). The standard InChI is InChI=1S/C25H29N3O4.C23H27N3O3.C21H23N3O5.C21H21N3O4.C20H18FN3O3/c1-15(29)17-10-27-18(9-19(17)30)23-16-7-6-8-20(32-14-25(5)12-31-13-25)22(16)26-28(23)11-21(27)24(2,3)4;1-13(2)29-19-9-7-8-15-21(19)24-26-12-20(23(4,5)6)25-11-16(14(3)27)18(28)10-17(25)22(15)26;1-21(2,11-28-3)17-10-24-19(12-6-5-7-16(29-4)18(12)22-24)14-8-15(25)13(20(26)27)9-23(14)17;1-21(2)8-7-13-19(21)23-10-12(20(26)27)15(25)9-14(23)18-11-5-4-6-16(28-3)17(11)22-24(13)18;1-20(2)7-6-13-18(20)23-9-11(19(26)27)15(25)8-14(23)17-10-4-3-5-12(21)16(10)22-24(13)17/h6-10,21H,11-14H2,1-5H3;7-11,13,20H,12H2,1-6H3;5-9,17H,10-11H2,1-4H3,(H,26,27);4-6,9-10,13,19H,7-8H2,1-3H3,(H,26,27);3-5,8-9,13,18H,6-7H2,1-2H3,(H,26,27). The number of carbonyl (C=O) groups excluding carboxylic acids is 2. The number of rotatable bonds is 15. The van der Waals surface area contributed by atoms with E-state index in [9.17, 15) is 67.7 Å². The molecule has 5 aromatic carbocycles. The Bertz CT molecular complexity index is 8250. The highest BCUT2D eigenvalue weighted by Crippen LogP contribution is 2.60. The fraction of sp³-hybridized carbons (Fsp3) is 0.409. The number of nitrogens with zero attached hydrogens (tertiary/aromatic N) is 15. The molecule has 2 saturated carbocycles. The van der Waals surface area contributed by atoms with Gasteiger partial charge in [-0.3, -0.25) is 57.0 Å². The van der Waals surface area contributed by atoms with Crippen LogP contribution in [0, 0.1) is 38.3 Å². The maximum Gasteiger partial charge on any atom is 0.341 e. The number of aromatic nitrogens is 15. The Morgan fingerprint density at radius 1 is 0.434 bits per heavy atom. The number of fused-ring (bicyclic) bond motifs is 31. The number of halogens is 1. The van der Waals surface area contributed by atoms with Gasteiger partial charge in [0.2, 0.25) is 0 Å². The van der Waals surface area contributed by atoms with E-state index < -0.39 is 40.0 Å². The molecule has 145 heavy (non-hydrogen) atoms. The second-order valence-corrected chi connectivity index (χ2v) is 44.1. The van der Waals surface area contributed by atoms with E-state index in [0.29, 0.717) is 91.2 Å². The van der Waals surface area contributed by atoms with E-state index in [1.54, 1.807) is 58.0 Å². The minimum Gasteiger partial charge on any atom is -0.494 e. The van der Waals surface area contributed by atoms with E-state index in [1.165, 1.54) is 56.7 Å². The van der Waals surface area contributed by atoms with Crippen LogP contribution < -0.4 is 46.1 Å². The molecule has 0 amide bonds. The summed E-state index contributed by atoms with van der Waals surface area (Å²) in [6, 6.07) is 35.3. The number of hydrogen-bond acceptors (Lipinski definition) is 21. The van der Waals surface area contributed by atoms with Gasteiger partial charge in [0.05, 0.1) is 177 Å². The number of methoxy groups -OCH3 is 3. The van der Waals surface area contributed by atoms with Gasteiger partial charge in [-0.1, -0.05) is 151 Å². The van der Waals surface area contributed by atoms with E-state index in [2.05, 4.69) is 104 Å². The minimum atomic E-state index is -1.24. The highest BCUT2D eigenvalue weighted by Gasteiger charge is 2.52. The maximum absolute atomic E-state index is 14.4. The van der Waals surface area contributed by atoms with Crippen LogP contribution in [0.2, 0.25) is 0 Å². The molecule has 8 aliphatic rings. The summed E-state index contributed by atoms with van der Waals surface area (Å²) in [7, 11) is 4.85. The second-order valence-electron chi connectivity index (χ2n) is 44.1. The Morgan fingerprint density at radius 2 is 0.759 bits per heavy atom. The first-order chi connectivity index (χ1) is 68.5. The number of Topliss-reactive ketones (excluding diaryl/α,β-unsaturated/α-hetero) is 2. The van der Waals surface area contributed by atoms with Gasteiger partial charge in [0.1, 0.15) is 67.3 Å². The summed E-state index contributed by atoms with van der Waals surface area (Å²) in [6.45, 7) is 39.0. The monoisotopic (exact) mass is 1970 g/mol. The average Bonchev–Trinajstić information content (AvgIpc) is 1.56. The van der Waals surface area contributed by atoms with Gasteiger partial charge < -0.3 is 66.6 Å². The molecule has 3 N–H and O–H groups in total. The van der Waals surface area contributed by atoms with E-state index in [0.717, 1.165) is 109 Å². The summed E-state index contributed by atoms with van der Waals surface area (Å²) in [4.78, 5) is 122. The van der Waals surface area contributed by atoms with Gasteiger partial charge >= 0.3 is 17.9 Å². The average molecular weight is 1970 g/mol. The van der Waals surface area contributed by atoms with Gasteiger partial charge in [0.15, 0.2) is 44.5 Å². The molecule has 35 heteroatoms. The van der Waals surface area contributed by atoms with Crippen LogP contribution in [0.15, 0.2) is 176 Å². The summed E-state index contributed by atoms with van der Waals surface area (Å²) in [5.41, 5.74) is 7.90. The number of benzene rings is 5. The van der Waals surface area contributed by atoms with E-state index in [-0.39, 0.29) is 137 Å². The van der Waals surface area contributed by atoms with Crippen molar-refractivity contribution in [1.82, 2.24) is 71.7 Å². The molecule has 7 atom stereocenters. The molecule has 34 nitrogen and oxygen atoms in total. The fourth-order valence-corrected chi connectivity index (χ4v) is 22.8. The number of aromatic carboxylic acids is 3. The zero-order valence-corrected chi connectivity index (χ0v) is 84.8. The molecular formula is C110H118FN15O19. The van der Waals surface area contributed by atoms with E-state index in [1.807, 2.05) is 124 Å². The van der Waals surface area contributed by atoms with E-state index >= 15 is 0 Å². The molecule has 1 saturated heterocycles. The van der Waals surface area contributed by atoms with Crippen LogP contribution >= 0.6 is 0 Å². The maximum atomic E-state index is 14.4. The molecule has 0 bridgehead atoms. The third kappa shape index (κ3) is 16.9. The van der Waals surface area contributed by atoms with Gasteiger partial charge in [-0.2, -0.15) is 25.5 Å². The predicted molar refractivity (Wildman–Crippen MR) is 545 cm³/mol. The van der Waals surface area contributed by atoms with Crippen LogP contribution in [0.5, 0.6) is 23.0 Å². The number of ketones is 2. The van der Waals surface area contributed by atoms with Crippen molar-refractivity contribution >= 4 is 84.0 Å². The number of hydrogen-bond donors (Lipinski definition) is 3. The third-order valence-electron chi connectivity index (χ3n) is 30.1. The summed E-state index contributed by atoms with van der Waals surface area (Å²) in [5.74, 6) is -1.70. The molecule has 0 radical (unpaired) electrons. The molecule has 2 aliphatic carbocycles. The number of pyridine rings is 5. The Labute approximate surface area is 832 Å². The Hall–Kier alpha value is -15.0. The SMILES string of the molecule is CC(=O)c1cn2c(cc1=O)-c1c3cccc(OC(C)C)c3nn1CC2C(C)(C)C.CC(=O)c1cn2c(cc1=O)-c1c3cccc(OCC4(C)COC4)c3nn1CC2C(C)(C)C.CC1(C)CCC2C1n1cc(C(=O)O)c(=O)cc1-c1c3cccc(F)c3nn12.COCC(C)(C)C1Cn2nc3c(OC)cccc3c2-c2cc(=O)c(C(=O)O)cn21.COc1cccc2c3n(nc12)C1CCC(C)(C)C1n1cc(C(=O)O)c(=O)cc1-3. The molecule has 754 valence electrons. The largest absolute Gasteiger partial charge is 0.494 e. The lowest BCUT2D eigenvalue weighted by Gasteiger charge is -2.40. The van der Waals surface area contributed by atoms with Crippen molar-refractivity contribution in [3.8, 4) is 79.9 Å². The normalized spacial score (nSPS) is 19.0. The molecule has 3 fully saturated rings. The number of carbonyl (C=O) groups is 5. The zero-order valence-electron chi connectivity index (χ0n) is 84.8. The minimum absolute atomic E-state index is 0.0153. The number of carboxylic acids is 3. The van der Waals surface area contributed by atoms with Crippen molar-refractivity contribution in [2.45, 2.75) is 211 Å². The highest BCUT2D eigenvalue weighted by molar-refractivity contribution is 6.02. The van der Waals surface area contributed by atoms with Crippen LogP contribution in [-0.4, -0.2) is 170 Å². The molecule has 10 aromatic heterocycles. The summed E-state index contributed by atoms with van der Waals surface area (Å²) < 4.78 is 68.0. The first kappa shape index (κ1) is 98.8. The molecule has 6 aliphatic heterocycles. The van der Waals surface area contributed by atoms with Crippen molar-refractivity contribution in [3.05, 3.63) is 237 Å². The van der Waals surface area contributed by atoms with Crippen LogP contribution in [0.4, 0.5) is 4.39 Å². The third-order valence-corrected chi connectivity index (χ3v) is 30.1. The zero-order chi connectivity index (χ0) is 104. The van der Waals surface area contributed by atoms with Gasteiger partial charge in [-0.15, -0.1) is 0 Å². The highest BCUT2D eigenvalue weighted by atomic mass is 19.1. The quantitative estimate of drug-likeness (QED) is 0.0802. The van der Waals surface area contributed by atoms with Crippen molar-refractivity contribution < 1.29 is 72.1 Å². The predicted octanol–water partition coefficient (Wildman–Crippen LogP) is 18.4. The van der Waals surface area contributed by atoms with Crippen molar-refractivity contribution in [3.63, 3.8) is 0 Å². The van der Waals surface area contributed by atoms with Gasteiger partial charge in [0, 0.05) is 106 Å². The van der Waals surface area contributed by atoms with Crippen molar-refractivity contribution in [2.75, 3.05) is 47.8 Å². The smallest absolute Gasteiger partial charge is 0.341 e. The summed E-state index contributed by atoms with van der Waals surface area (Å²) >= 11 is 0. The molecular weight excluding hydrogens is 1850 g/mol. The Balaban J connectivity index is 0.000000115. The van der Waals surface area contributed by atoms with Crippen LogP contribution in [0.25, 0.3) is 111 Å². The van der Waals surface area contributed by atoms with Crippen LogP contribution in [-0.2, 0) is 29.1 Å². The lowest BCUT2D eigenvalue weighted by Crippen LogP contribution is -2.44. The first-order valence-electron chi connectivity index (χ1n) is 48.7. The van der Waals surface area contributed by atoms with Gasteiger partial charge in [-0.25, -0.2) is 18.8 Å². The first-order valence-corrected chi connectivity index (χ1v) is 48.7. The van der Waals surface area contributed by atoms with Crippen LogP contribution in [0.1, 0.15) is 237 Å². The van der Waals surface area contributed by atoms with Crippen LogP contribution in [0.3, 0.4) is 0 Å². The number of carboxylic acid groups (broad SMARTS) is 3. The molecule has 16 heterocycles. The second kappa shape index (κ2) is 36.1. The topological polar surface area (TPSA) is 401 Å². The Kier molecular flexibility index (Phi) is 24.6. The van der Waals surface area contributed by atoms with Gasteiger partial charge in [-0.05, 0) is 105 Å². The van der Waals surface area contributed by atoms with E-state index in [4.69, 9.17) is 48.8 Å². The number of ether oxygens (including phenoxy) is 6. The lowest BCUT2D eigenvalue weighted by atomic mass is 9.83. The van der Waals surface area contributed by atoms with Gasteiger partial charge in [0.25, 0.3) is 0 Å². The fourth-order valence-electron chi connectivity index (χ4n) is 22.8. The van der Waals surface area contributed by atoms with Crippen molar-refractivity contribution in [1.29, 1.82) is 0 Å². The molecule has 15 aromatic rings. The molecule has 7 unspecified atom stereocenters.